The number of halogens is 1. The maximum Gasteiger partial charge on any atom is 0.274 e. The van der Waals surface area contributed by atoms with Crippen LogP contribution in [0.25, 0.3) is 0 Å². The van der Waals surface area contributed by atoms with E-state index in [4.69, 9.17) is 0 Å². The van der Waals surface area contributed by atoms with Crippen LogP contribution in [0.1, 0.15) is 12.5 Å². The molecule has 0 amide bonds. The van der Waals surface area contributed by atoms with Crippen LogP contribution in [0.5, 0.6) is 0 Å². The maximum absolute atomic E-state index is 10.9. The summed E-state index contributed by atoms with van der Waals surface area (Å²) in [5.41, 5.74) is 0.675. The Balaban J connectivity index is 0.00000361. The van der Waals surface area contributed by atoms with Crippen molar-refractivity contribution in [2.24, 2.45) is 4.99 Å². The standard InChI is InChI=1S/C13H18N4O2.HI/c1-3-9-15-13(14-4-2)16-10-11-7-5-6-8-12(11)17(18)19;/h3,5-8H,1,4,9-10H2,2H3,(H2,14,15,16);1H. The molecule has 0 fully saturated rings. The number of para-hydroxylation sites is 1. The number of rotatable bonds is 6. The lowest BCUT2D eigenvalue weighted by atomic mass is 10.2. The van der Waals surface area contributed by atoms with Crippen molar-refractivity contribution in [1.82, 2.24) is 10.6 Å². The highest BCUT2D eigenvalue weighted by atomic mass is 127. The number of nitrogens with one attached hydrogen (secondary N) is 2. The van der Waals surface area contributed by atoms with Crippen LogP contribution < -0.4 is 10.6 Å². The molecule has 7 heteroatoms. The molecule has 2 N–H and O–H groups in total. The molecule has 0 saturated heterocycles. The molecule has 0 unspecified atom stereocenters. The van der Waals surface area contributed by atoms with Crippen molar-refractivity contribution in [3.05, 3.63) is 52.6 Å². The first-order valence-corrected chi connectivity index (χ1v) is 6.04. The topological polar surface area (TPSA) is 79.6 Å². The van der Waals surface area contributed by atoms with E-state index in [1.807, 2.05) is 6.92 Å². The van der Waals surface area contributed by atoms with E-state index in [2.05, 4.69) is 22.2 Å². The summed E-state index contributed by atoms with van der Waals surface area (Å²) in [5, 5.41) is 17.0. The number of benzene rings is 1. The van der Waals surface area contributed by atoms with E-state index in [1.54, 1.807) is 24.3 Å². The fourth-order valence-corrected chi connectivity index (χ4v) is 1.50. The van der Waals surface area contributed by atoms with E-state index in [9.17, 15) is 10.1 Å². The van der Waals surface area contributed by atoms with E-state index >= 15 is 0 Å². The van der Waals surface area contributed by atoms with E-state index in [1.165, 1.54) is 6.07 Å². The average Bonchev–Trinajstić information content (AvgIpc) is 2.42. The van der Waals surface area contributed by atoms with Gasteiger partial charge in [0.25, 0.3) is 5.69 Å². The summed E-state index contributed by atoms with van der Waals surface area (Å²) in [7, 11) is 0. The molecule has 20 heavy (non-hydrogen) atoms. The third kappa shape index (κ3) is 6.00. The fraction of sp³-hybridized carbons (Fsp3) is 0.308. The lowest BCUT2D eigenvalue weighted by molar-refractivity contribution is -0.385. The predicted molar refractivity (Wildman–Crippen MR) is 91.5 cm³/mol. The largest absolute Gasteiger partial charge is 0.357 e. The van der Waals surface area contributed by atoms with Gasteiger partial charge < -0.3 is 10.6 Å². The zero-order valence-electron chi connectivity index (χ0n) is 11.3. The van der Waals surface area contributed by atoms with Crippen molar-refractivity contribution in [2.45, 2.75) is 13.5 Å². The summed E-state index contributed by atoms with van der Waals surface area (Å²) < 4.78 is 0. The van der Waals surface area contributed by atoms with Crippen molar-refractivity contribution < 1.29 is 4.92 Å². The molecule has 0 aromatic heterocycles. The Kier molecular flexibility index (Phi) is 9.35. The second-order valence-electron chi connectivity index (χ2n) is 3.75. The molecular formula is C13H19IN4O2. The summed E-state index contributed by atoms with van der Waals surface area (Å²) in [6, 6.07) is 6.60. The molecule has 0 atom stereocenters. The van der Waals surface area contributed by atoms with Crippen molar-refractivity contribution in [3.63, 3.8) is 0 Å². The molecule has 0 aliphatic rings. The van der Waals surface area contributed by atoms with Gasteiger partial charge in [0.05, 0.1) is 17.0 Å². The van der Waals surface area contributed by atoms with Crippen LogP contribution in [0, 0.1) is 10.1 Å². The number of hydrogen-bond acceptors (Lipinski definition) is 3. The van der Waals surface area contributed by atoms with Gasteiger partial charge in [0, 0.05) is 19.2 Å². The van der Waals surface area contributed by atoms with Gasteiger partial charge in [-0.3, -0.25) is 10.1 Å². The van der Waals surface area contributed by atoms with Crippen molar-refractivity contribution in [2.75, 3.05) is 13.1 Å². The molecule has 0 spiro atoms. The van der Waals surface area contributed by atoms with Gasteiger partial charge in [-0.1, -0.05) is 24.3 Å². The Labute approximate surface area is 135 Å². The van der Waals surface area contributed by atoms with Crippen LogP contribution in [0.2, 0.25) is 0 Å². The highest BCUT2D eigenvalue weighted by molar-refractivity contribution is 14.0. The minimum absolute atomic E-state index is 0. The average molecular weight is 390 g/mol. The van der Waals surface area contributed by atoms with E-state index in [0.717, 1.165) is 6.54 Å². The number of aliphatic imine (C=N–C) groups is 1. The van der Waals surface area contributed by atoms with E-state index < -0.39 is 4.92 Å². The van der Waals surface area contributed by atoms with Gasteiger partial charge in [-0.2, -0.15) is 0 Å². The molecule has 1 rings (SSSR count). The third-order valence-corrected chi connectivity index (χ3v) is 2.35. The number of nitrogens with zero attached hydrogens (tertiary/aromatic N) is 2. The molecular weight excluding hydrogens is 371 g/mol. The zero-order valence-corrected chi connectivity index (χ0v) is 13.7. The summed E-state index contributed by atoms with van der Waals surface area (Å²) >= 11 is 0. The summed E-state index contributed by atoms with van der Waals surface area (Å²) in [6.45, 7) is 7.13. The Bertz CT molecular complexity index is 477. The molecule has 0 bridgehead atoms. The molecule has 0 aliphatic heterocycles. The van der Waals surface area contributed by atoms with Gasteiger partial charge in [-0.15, -0.1) is 30.6 Å². The van der Waals surface area contributed by atoms with Crippen LogP contribution in [0.4, 0.5) is 5.69 Å². The summed E-state index contributed by atoms with van der Waals surface area (Å²) in [6.07, 6.45) is 1.72. The minimum Gasteiger partial charge on any atom is -0.357 e. The Morgan fingerprint density at radius 3 is 2.75 bits per heavy atom. The first kappa shape index (κ1) is 18.4. The Hall–Kier alpha value is -1.64. The van der Waals surface area contributed by atoms with Gasteiger partial charge in [-0.05, 0) is 6.92 Å². The molecule has 0 radical (unpaired) electrons. The molecule has 110 valence electrons. The first-order valence-electron chi connectivity index (χ1n) is 6.04. The molecule has 1 aromatic rings. The Morgan fingerprint density at radius 1 is 1.45 bits per heavy atom. The molecule has 0 aliphatic carbocycles. The van der Waals surface area contributed by atoms with Crippen molar-refractivity contribution >= 4 is 35.6 Å². The fourth-order valence-electron chi connectivity index (χ4n) is 1.50. The number of guanidine groups is 1. The second kappa shape index (κ2) is 10.2. The lowest BCUT2D eigenvalue weighted by Gasteiger charge is -2.09. The molecule has 0 saturated carbocycles. The van der Waals surface area contributed by atoms with E-state index in [-0.39, 0.29) is 36.2 Å². The molecule has 0 heterocycles. The molecule has 6 nitrogen and oxygen atoms in total. The zero-order chi connectivity index (χ0) is 14.1. The van der Waals surface area contributed by atoms with Gasteiger partial charge >= 0.3 is 0 Å². The SMILES string of the molecule is C=CCNC(=NCc1ccccc1[N+](=O)[O-])NCC.I. The van der Waals surface area contributed by atoms with Crippen molar-refractivity contribution in [3.8, 4) is 0 Å². The van der Waals surface area contributed by atoms with Crippen molar-refractivity contribution in [1.29, 1.82) is 0 Å². The van der Waals surface area contributed by atoms with Gasteiger partial charge in [-0.25, -0.2) is 4.99 Å². The van der Waals surface area contributed by atoms with Gasteiger partial charge in [0.1, 0.15) is 0 Å². The summed E-state index contributed by atoms with van der Waals surface area (Å²) in [4.78, 5) is 14.8. The van der Waals surface area contributed by atoms with Crippen LogP contribution in [-0.4, -0.2) is 24.0 Å². The quantitative estimate of drug-likeness (QED) is 0.195. The summed E-state index contributed by atoms with van der Waals surface area (Å²) in [5.74, 6) is 0.612. The highest BCUT2D eigenvalue weighted by Gasteiger charge is 2.11. The Morgan fingerprint density at radius 2 is 2.15 bits per heavy atom. The van der Waals surface area contributed by atoms with Crippen LogP contribution in [0.15, 0.2) is 41.9 Å². The predicted octanol–water partition coefficient (Wildman–Crippen LogP) is 2.45. The van der Waals surface area contributed by atoms with Crippen LogP contribution >= 0.6 is 24.0 Å². The van der Waals surface area contributed by atoms with E-state index in [0.29, 0.717) is 18.1 Å². The maximum atomic E-state index is 10.9. The smallest absolute Gasteiger partial charge is 0.274 e. The molecule has 1 aromatic carbocycles. The number of nitro benzene ring substituents is 1. The number of hydrogen-bond donors (Lipinski definition) is 2. The highest BCUT2D eigenvalue weighted by Crippen LogP contribution is 2.18. The van der Waals surface area contributed by atoms with Crippen LogP contribution in [-0.2, 0) is 6.54 Å². The first-order chi connectivity index (χ1) is 9.19. The minimum atomic E-state index is -0.394. The van der Waals surface area contributed by atoms with Crippen LogP contribution in [0.3, 0.4) is 0 Å². The third-order valence-electron chi connectivity index (χ3n) is 2.35. The number of nitro groups is 1. The van der Waals surface area contributed by atoms with Gasteiger partial charge in [0.15, 0.2) is 5.96 Å². The van der Waals surface area contributed by atoms with Gasteiger partial charge in [0.2, 0.25) is 0 Å². The lowest BCUT2D eigenvalue weighted by Crippen LogP contribution is -2.37. The second-order valence-corrected chi connectivity index (χ2v) is 3.75. The monoisotopic (exact) mass is 390 g/mol. The normalized spacial score (nSPS) is 10.3.